The summed E-state index contributed by atoms with van der Waals surface area (Å²) < 4.78 is 5.80. The zero-order chi connectivity index (χ0) is 11.3. The zero-order valence-electron chi connectivity index (χ0n) is 9.99. The highest BCUT2D eigenvalue weighted by Gasteiger charge is 2.50. The zero-order valence-corrected chi connectivity index (χ0v) is 9.99. The quantitative estimate of drug-likeness (QED) is 0.667. The molecule has 0 spiro atoms. The molecular weight excluding hydrogens is 202 g/mol. The summed E-state index contributed by atoms with van der Waals surface area (Å²) in [5.41, 5.74) is 2.48. The van der Waals surface area contributed by atoms with Crippen molar-refractivity contribution in [3.8, 4) is 5.75 Å². The third-order valence-electron chi connectivity index (χ3n) is 4.04. The van der Waals surface area contributed by atoms with E-state index >= 15 is 0 Å². The van der Waals surface area contributed by atoms with Crippen molar-refractivity contribution < 1.29 is 9.57 Å². The third kappa shape index (κ3) is 1.16. The van der Waals surface area contributed by atoms with Gasteiger partial charge in [-0.25, -0.2) is 0 Å². The van der Waals surface area contributed by atoms with Crippen molar-refractivity contribution in [3.05, 3.63) is 29.3 Å². The number of aryl methyl sites for hydroxylation is 1. The molecule has 0 unspecified atom stereocenters. The Kier molecular flexibility index (Phi) is 2.03. The van der Waals surface area contributed by atoms with Crippen LogP contribution in [0.4, 0.5) is 0 Å². The van der Waals surface area contributed by atoms with E-state index < -0.39 is 0 Å². The molecule has 1 saturated heterocycles. The molecule has 1 aromatic carbocycles. The molecule has 2 aliphatic rings. The Morgan fingerprint density at radius 1 is 1.38 bits per heavy atom. The maximum absolute atomic E-state index is 5.80. The minimum absolute atomic E-state index is 0.0421. The van der Waals surface area contributed by atoms with E-state index in [0.29, 0.717) is 5.92 Å². The molecule has 3 nitrogen and oxygen atoms in total. The normalized spacial score (nSPS) is 33.1. The van der Waals surface area contributed by atoms with Crippen LogP contribution in [0.15, 0.2) is 18.2 Å². The smallest absolute Gasteiger partial charge is 0.124 e. The number of ether oxygens (including phenoxy) is 1. The highest BCUT2D eigenvalue weighted by molar-refractivity contribution is 5.44. The summed E-state index contributed by atoms with van der Waals surface area (Å²) >= 11 is 0. The first-order valence-corrected chi connectivity index (χ1v) is 5.73. The van der Waals surface area contributed by atoms with Gasteiger partial charge in [0, 0.05) is 18.5 Å². The summed E-state index contributed by atoms with van der Waals surface area (Å²) in [6, 6.07) is 6.38. The second-order valence-electron chi connectivity index (χ2n) is 4.95. The van der Waals surface area contributed by atoms with E-state index in [1.165, 1.54) is 11.1 Å². The van der Waals surface area contributed by atoms with Crippen LogP contribution < -0.4 is 4.74 Å². The van der Waals surface area contributed by atoms with Crippen LogP contribution in [0.1, 0.15) is 18.1 Å². The van der Waals surface area contributed by atoms with E-state index in [1.54, 1.807) is 0 Å². The first kappa shape index (κ1) is 10.1. The Balaban J connectivity index is 2.18. The van der Waals surface area contributed by atoms with E-state index in [4.69, 9.17) is 9.57 Å². The lowest BCUT2D eigenvalue weighted by atomic mass is 9.78. The SMILES string of the molecule is Cc1ccc2c(c1)[C@@]1(C)[C@@H](CO2)CON1C. The Morgan fingerprint density at radius 3 is 3.00 bits per heavy atom. The third-order valence-corrected chi connectivity index (χ3v) is 4.04. The molecule has 16 heavy (non-hydrogen) atoms. The Hall–Kier alpha value is -1.06. The summed E-state index contributed by atoms with van der Waals surface area (Å²) in [5, 5.41) is 1.98. The molecule has 1 aromatic rings. The van der Waals surface area contributed by atoms with Gasteiger partial charge in [-0.2, -0.15) is 5.06 Å². The molecule has 3 heteroatoms. The van der Waals surface area contributed by atoms with Crippen LogP contribution >= 0.6 is 0 Å². The van der Waals surface area contributed by atoms with Gasteiger partial charge >= 0.3 is 0 Å². The minimum Gasteiger partial charge on any atom is -0.493 e. The molecule has 0 bridgehead atoms. The number of nitrogens with zero attached hydrogens (tertiary/aromatic N) is 1. The molecule has 3 rings (SSSR count). The van der Waals surface area contributed by atoms with Crippen molar-refractivity contribution in [1.29, 1.82) is 0 Å². The number of benzene rings is 1. The fourth-order valence-corrected chi connectivity index (χ4v) is 2.71. The Bertz CT molecular complexity index is 432. The number of hydrogen-bond acceptors (Lipinski definition) is 3. The minimum atomic E-state index is -0.0421. The van der Waals surface area contributed by atoms with Crippen LogP contribution in [-0.2, 0) is 10.4 Å². The molecule has 2 atom stereocenters. The highest BCUT2D eigenvalue weighted by atomic mass is 16.7. The van der Waals surface area contributed by atoms with Crippen LogP contribution in [0.25, 0.3) is 0 Å². The standard InChI is InChI=1S/C13H17NO2/c1-9-4-5-12-11(6-9)13(2)10(7-15-12)8-16-14(13)3/h4-6,10H,7-8H2,1-3H3/t10-,13+/m0/s1. The number of hydroxylamine groups is 2. The lowest BCUT2D eigenvalue weighted by Gasteiger charge is -2.40. The summed E-state index contributed by atoms with van der Waals surface area (Å²) in [4.78, 5) is 5.65. The van der Waals surface area contributed by atoms with Crippen molar-refractivity contribution in [2.75, 3.05) is 20.3 Å². The largest absolute Gasteiger partial charge is 0.493 e. The van der Waals surface area contributed by atoms with Gasteiger partial charge in [-0.05, 0) is 19.9 Å². The monoisotopic (exact) mass is 219 g/mol. The average Bonchev–Trinajstić information content (AvgIpc) is 2.57. The summed E-state index contributed by atoms with van der Waals surface area (Å²) in [6.45, 7) is 5.85. The van der Waals surface area contributed by atoms with Crippen LogP contribution in [0, 0.1) is 12.8 Å². The fraction of sp³-hybridized carbons (Fsp3) is 0.538. The van der Waals surface area contributed by atoms with Crippen LogP contribution in [0.3, 0.4) is 0 Å². The molecule has 0 N–H and O–H groups in total. The van der Waals surface area contributed by atoms with Crippen LogP contribution in [0.2, 0.25) is 0 Å². The molecule has 86 valence electrons. The molecule has 0 radical (unpaired) electrons. The van der Waals surface area contributed by atoms with E-state index in [-0.39, 0.29) is 5.54 Å². The van der Waals surface area contributed by atoms with E-state index in [0.717, 1.165) is 19.0 Å². The lowest BCUT2D eigenvalue weighted by Crippen LogP contribution is -2.45. The second kappa shape index (κ2) is 3.22. The molecule has 1 fully saturated rings. The lowest BCUT2D eigenvalue weighted by molar-refractivity contribution is -0.143. The topological polar surface area (TPSA) is 21.7 Å². The van der Waals surface area contributed by atoms with Crippen LogP contribution in [0.5, 0.6) is 5.75 Å². The second-order valence-corrected chi connectivity index (χ2v) is 4.95. The molecule has 0 saturated carbocycles. The van der Waals surface area contributed by atoms with Gasteiger partial charge < -0.3 is 4.74 Å². The summed E-state index contributed by atoms with van der Waals surface area (Å²) in [7, 11) is 2.01. The van der Waals surface area contributed by atoms with Crippen molar-refractivity contribution in [1.82, 2.24) is 5.06 Å². The Labute approximate surface area is 95.9 Å². The highest BCUT2D eigenvalue weighted by Crippen LogP contribution is 2.47. The van der Waals surface area contributed by atoms with Gasteiger partial charge in [0.2, 0.25) is 0 Å². The predicted molar refractivity (Wildman–Crippen MR) is 61.2 cm³/mol. The number of hydrogen-bond donors (Lipinski definition) is 0. The van der Waals surface area contributed by atoms with Gasteiger partial charge in [-0.3, -0.25) is 4.84 Å². The molecule has 0 aliphatic carbocycles. The van der Waals surface area contributed by atoms with Crippen molar-refractivity contribution >= 4 is 0 Å². The molecular formula is C13H17NO2. The molecule has 0 aromatic heterocycles. The first-order valence-electron chi connectivity index (χ1n) is 5.73. The molecule has 0 amide bonds. The average molecular weight is 219 g/mol. The number of rotatable bonds is 0. The van der Waals surface area contributed by atoms with E-state index in [9.17, 15) is 0 Å². The Morgan fingerprint density at radius 2 is 2.19 bits per heavy atom. The van der Waals surface area contributed by atoms with E-state index in [2.05, 4.69) is 32.0 Å². The fourth-order valence-electron chi connectivity index (χ4n) is 2.71. The van der Waals surface area contributed by atoms with Crippen LogP contribution in [-0.4, -0.2) is 25.3 Å². The van der Waals surface area contributed by atoms with E-state index in [1.807, 2.05) is 12.1 Å². The number of fused-ring (bicyclic) bond motifs is 3. The summed E-state index contributed by atoms with van der Waals surface area (Å²) in [5.74, 6) is 1.42. The van der Waals surface area contributed by atoms with Crippen molar-refractivity contribution in [3.63, 3.8) is 0 Å². The van der Waals surface area contributed by atoms with Gasteiger partial charge in [-0.1, -0.05) is 17.7 Å². The predicted octanol–water partition coefficient (Wildman–Crippen LogP) is 2.10. The van der Waals surface area contributed by atoms with Crippen molar-refractivity contribution in [2.45, 2.75) is 19.4 Å². The van der Waals surface area contributed by atoms with Gasteiger partial charge in [0.15, 0.2) is 0 Å². The van der Waals surface area contributed by atoms with Crippen molar-refractivity contribution in [2.24, 2.45) is 5.92 Å². The van der Waals surface area contributed by atoms with Gasteiger partial charge in [-0.15, -0.1) is 0 Å². The van der Waals surface area contributed by atoms with Gasteiger partial charge in [0.25, 0.3) is 0 Å². The van der Waals surface area contributed by atoms with Gasteiger partial charge in [0.1, 0.15) is 5.75 Å². The first-order chi connectivity index (χ1) is 7.62. The maximum Gasteiger partial charge on any atom is 0.124 e. The maximum atomic E-state index is 5.80. The summed E-state index contributed by atoms with van der Waals surface area (Å²) in [6.07, 6.45) is 0. The molecule has 2 heterocycles. The molecule has 2 aliphatic heterocycles. The van der Waals surface area contributed by atoms with Gasteiger partial charge in [0.05, 0.1) is 18.8 Å².